The third-order valence-electron chi connectivity index (χ3n) is 7.55. The van der Waals surface area contributed by atoms with Crippen molar-refractivity contribution in [3.63, 3.8) is 0 Å². The minimum atomic E-state index is -0.636. The van der Waals surface area contributed by atoms with Gasteiger partial charge >= 0.3 is 0 Å². The molecule has 170 valence electrons. The van der Waals surface area contributed by atoms with Gasteiger partial charge in [0.25, 0.3) is 0 Å². The number of hydrogen-bond acceptors (Lipinski definition) is 4. The second-order valence-corrected chi connectivity index (χ2v) is 9.47. The van der Waals surface area contributed by atoms with Crippen LogP contribution < -0.4 is 0 Å². The number of allylic oxidation sites excluding steroid dienone is 2. The number of carbonyl (C=O) groups is 1. The lowest BCUT2D eigenvalue weighted by Gasteiger charge is -2.36. The van der Waals surface area contributed by atoms with Gasteiger partial charge in [0, 0.05) is 39.6 Å². The van der Waals surface area contributed by atoms with Gasteiger partial charge in [-0.3, -0.25) is 4.98 Å². The molecular weight excluding hydrogens is 439 g/mol. The molecule has 0 N–H and O–H groups in total. The molecule has 0 radical (unpaired) electrons. The molecule has 2 heterocycles. The summed E-state index contributed by atoms with van der Waals surface area (Å²) in [6, 6.07) is 16.2. The van der Waals surface area contributed by atoms with Crippen LogP contribution in [0.5, 0.6) is 0 Å². The topological polar surface area (TPSA) is 60.1 Å². The SMILES string of the molecule is [C-]#[N+]C1=C[C@@]2(C)c3nc(-c4cccc5ncccc45)nc(-c4ccccc4F)c3C[C@@H]2[C@@H](C)C1=O. The fraction of sp³-hybridized carbons (Fsp3) is 0.207. The summed E-state index contributed by atoms with van der Waals surface area (Å²) in [5, 5.41) is 0.902. The van der Waals surface area contributed by atoms with E-state index in [4.69, 9.17) is 16.5 Å². The van der Waals surface area contributed by atoms with E-state index in [1.165, 1.54) is 6.07 Å². The van der Waals surface area contributed by atoms with Crippen molar-refractivity contribution in [3.8, 4) is 22.6 Å². The van der Waals surface area contributed by atoms with E-state index < -0.39 is 5.41 Å². The largest absolute Gasteiger partial charge is 0.308 e. The number of ketones is 1. The molecule has 2 aliphatic rings. The summed E-state index contributed by atoms with van der Waals surface area (Å²) in [6.45, 7) is 11.5. The molecule has 2 aromatic heterocycles. The smallest absolute Gasteiger partial charge is 0.226 e. The summed E-state index contributed by atoms with van der Waals surface area (Å²) in [7, 11) is 0. The molecule has 0 saturated heterocycles. The van der Waals surface area contributed by atoms with Gasteiger partial charge in [0.2, 0.25) is 5.70 Å². The molecule has 0 fully saturated rings. The molecule has 0 unspecified atom stereocenters. The number of halogens is 1. The molecule has 2 aliphatic carbocycles. The normalized spacial score (nSPS) is 22.9. The standard InChI is InChI=1S/C29H21FN4O/c1-16-21-14-20-25(19-8-4-5-11-22(19)30)33-28(18-9-6-12-23-17(18)10-7-13-32-23)34-27(20)29(21,2)15-24(31-3)26(16)35/h4-13,15-16,21H,14H2,1-2H3/t16-,21-,29-/m1/s1. The Morgan fingerprint density at radius 2 is 1.86 bits per heavy atom. The van der Waals surface area contributed by atoms with Crippen molar-refractivity contribution in [2.45, 2.75) is 25.7 Å². The van der Waals surface area contributed by atoms with Gasteiger partial charge < -0.3 is 4.79 Å². The molecule has 5 nitrogen and oxygen atoms in total. The molecule has 6 rings (SSSR count). The van der Waals surface area contributed by atoms with Crippen molar-refractivity contribution >= 4 is 16.7 Å². The Kier molecular flexibility index (Phi) is 4.65. The number of Topliss-reactive ketones (excluding diaryl/α,β-unsaturated/α-hetero) is 1. The van der Waals surface area contributed by atoms with Crippen LogP contribution in [0.3, 0.4) is 0 Å². The number of nitrogens with zero attached hydrogens (tertiary/aromatic N) is 4. The van der Waals surface area contributed by atoms with Gasteiger partial charge in [0.05, 0.1) is 23.5 Å². The summed E-state index contributed by atoms with van der Waals surface area (Å²) >= 11 is 0. The highest BCUT2D eigenvalue weighted by molar-refractivity contribution is 6.00. The first-order chi connectivity index (χ1) is 16.9. The maximum absolute atomic E-state index is 15.1. The maximum atomic E-state index is 15.1. The van der Waals surface area contributed by atoms with Crippen LogP contribution in [0.1, 0.15) is 25.1 Å². The predicted octanol–water partition coefficient (Wildman–Crippen LogP) is 5.95. The van der Waals surface area contributed by atoms with Crippen molar-refractivity contribution in [2.24, 2.45) is 11.8 Å². The minimum absolute atomic E-state index is 0.0836. The predicted molar refractivity (Wildman–Crippen MR) is 132 cm³/mol. The van der Waals surface area contributed by atoms with E-state index in [0.29, 0.717) is 23.5 Å². The van der Waals surface area contributed by atoms with Crippen molar-refractivity contribution < 1.29 is 9.18 Å². The first kappa shape index (κ1) is 21.3. The number of carbonyl (C=O) groups excluding carboxylic acids is 1. The van der Waals surface area contributed by atoms with E-state index in [-0.39, 0.29) is 29.1 Å². The number of fused-ring (bicyclic) bond motifs is 4. The Bertz CT molecular complexity index is 1610. The molecule has 0 amide bonds. The molecule has 35 heavy (non-hydrogen) atoms. The highest BCUT2D eigenvalue weighted by Crippen LogP contribution is 2.53. The first-order valence-electron chi connectivity index (χ1n) is 11.6. The van der Waals surface area contributed by atoms with Crippen LogP contribution >= 0.6 is 0 Å². The lowest BCUT2D eigenvalue weighted by atomic mass is 9.67. The zero-order valence-corrected chi connectivity index (χ0v) is 19.3. The van der Waals surface area contributed by atoms with Gasteiger partial charge in [-0.15, -0.1) is 0 Å². The zero-order chi connectivity index (χ0) is 24.3. The molecule has 2 aromatic carbocycles. The van der Waals surface area contributed by atoms with E-state index in [1.54, 1.807) is 30.5 Å². The Hall–Kier alpha value is -4.24. The lowest BCUT2D eigenvalue weighted by Crippen LogP contribution is -2.39. The third-order valence-corrected chi connectivity index (χ3v) is 7.55. The average Bonchev–Trinajstić information content (AvgIpc) is 3.18. The lowest BCUT2D eigenvalue weighted by molar-refractivity contribution is -0.121. The monoisotopic (exact) mass is 460 g/mol. The number of pyridine rings is 1. The Balaban J connectivity index is 1.69. The highest BCUT2D eigenvalue weighted by Gasteiger charge is 2.52. The van der Waals surface area contributed by atoms with Crippen LogP contribution in [-0.4, -0.2) is 20.7 Å². The Labute approximate surface area is 202 Å². The molecule has 0 saturated carbocycles. The van der Waals surface area contributed by atoms with E-state index in [1.807, 2.05) is 44.2 Å². The number of benzene rings is 2. The van der Waals surface area contributed by atoms with Crippen LogP contribution in [0.2, 0.25) is 0 Å². The van der Waals surface area contributed by atoms with Gasteiger partial charge in [-0.2, -0.15) is 0 Å². The van der Waals surface area contributed by atoms with Gasteiger partial charge in [-0.1, -0.05) is 50.3 Å². The summed E-state index contributed by atoms with van der Waals surface area (Å²) in [4.78, 5) is 30.8. The van der Waals surface area contributed by atoms with Crippen molar-refractivity contribution in [1.82, 2.24) is 15.0 Å². The van der Waals surface area contributed by atoms with Crippen LogP contribution in [-0.2, 0) is 16.6 Å². The zero-order valence-electron chi connectivity index (χ0n) is 19.3. The summed E-state index contributed by atoms with van der Waals surface area (Å²) in [5.74, 6) is -0.456. The van der Waals surface area contributed by atoms with Crippen molar-refractivity contribution in [3.05, 3.63) is 101 Å². The molecule has 0 spiro atoms. The molecule has 0 bridgehead atoms. The third kappa shape index (κ3) is 3.05. The van der Waals surface area contributed by atoms with Crippen LogP contribution in [0.4, 0.5) is 4.39 Å². The van der Waals surface area contributed by atoms with Gasteiger partial charge in [0.1, 0.15) is 5.82 Å². The molecule has 0 aliphatic heterocycles. The van der Waals surface area contributed by atoms with Crippen LogP contribution in [0, 0.1) is 24.2 Å². The summed E-state index contributed by atoms with van der Waals surface area (Å²) in [6.07, 6.45) is 4.05. The second kappa shape index (κ2) is 7.64. The summed E-state index contributed by atoms with van der Waals surface area (Å²) < 4.78 is 15.1. The molecule has 3 atom stereocenters. The van der Waals surface area contributed by atoms with Crippen LogP contribution in [0.25, 0.3) is 38.4 Å². The Morgan fingerprint density at radius 1 is 1.06 bits per heavy atom. The quantitative estimate of drug-likeness (QED) is 0.347. The van der Waals surface area contributed by atoms with E-state index >= 15 is 4.39 Å². The second-order valence-electron chi connectivity index (χ2n) is 9.47. The summed E-state index contributed by atoms with van der Waals surface area (Å²) in [5.41, 5.74) is 3.67. The molecule has 6 heteroatoms. The van der Waals surface area contributed by atoms with Gasteiger partial charge in [-0.25, -0.2) is 19.2 Å². The fourth-order valence-electron chi connectivity index (χ4n) is 5.76. The highest BCUT2D eigenvalue weighted by atomic mass is 19.1. The van der Waals surface area contributed by atoms with Crippen molar-refractivity contribution in [1.29, 1.82) is 0 Å². The number of hydrogen-bond donors (Lipinski definition) is 0. The van der Waals surface area contributed by atoms with Gasteiger partial charge in [0.15, 0.2) is 11.6 Å². The first-order valence-corrected chi connectivity index (χ1v) is 11.6. The van der Waals surface area contributed by atoms with Crippen molar-refractivity contribution in [2.75, 3.05) is 0 Å². The van der Waals surface area contributed by atoms with E-state index in [9.17, 15) is 4.79 Å². The minimum Gasteiger partial charge on any atom is -0.308 e. The Morgan fingerprint density at radius 3 is 2.66 bits per heavy atom. The number of aromatic nitrogens is 3. The average molecular weight is 461 g/mol. The number of rotatable bonds is 2. The van der Waals surface area contributed by atoms with E-state index in [2.05, 4.69) is 9.83 Å². The molecule has 4 aromatic rings. The van der Waals surface area contributed by atoms with Crippen LogP contribution in [0.15, 0.2) is 72.6 Å². The van der Waals surface area contributed by atoms with E-state index in [0.717, 1.165) is 27.7 Å². The fourth-order valence-corrected chi connectivity index (χ4v) is 5.76. The maximum Gasteiger partial charge on any atom is 0.226 e. The van der Waals surface area contributed by atoms with Gasteiger partial charge in [-0.05, 0) is 36.6 Å². The molecular formula is C29H21FN4O.